The first-order chi connectivity index (χ1) is 15.9. The zero-order valence-electron chi connectivity index (χ0n) is 18.5. The Morgan fingerprint density at radius 2 is 1.97 bits per heavy atom. The van der Waals surface area contributed by atoms with Gasteiger partial charge in [0.25, 0.3) is 5.91 Å². The lowest BCUT2D eigenvalue weighted by molar-refractivity contribution is -0.114. The van der Waals surface area contributed by atoms with Crippen LogP contribution in [0.15, 0.2) is 58.1 Å². The summed E-state index contributed by atoms with van der Waals surface area (Å²) >= 11 is 1.31. The molecular formula is C24H23FN4O3S. The van der Waals surface area contributed by atoms with Crippen LogP contribution in [-0.4, -0.2) is 33.6 Å². The summed E-state index contributed by atoms with van der Waals surface area (Å²) in [4.78, 5) is 16.7. The molecule has 0 saturated carbocycles. The first-order valence-corrected chi connectivity index (χ1v) is 11.3. The number of carbonyl (C=O) groups is 1. The van der Waals surface area contributed by atoms with E-state index in [9.17, 15) is 9.18 Å². The standard InChI is InChI=1S/C24H23FN4O3S/c1-4-31-20-12-15(9-10-19(20)32-13-16-7-5-6-8-18(16)25)11-17-21(26)29-24(27-22(17)30)33-23(28-29)14(2)3/h5-12,14,26H,4,13H2,1-3H3/b17-11-,26-21?. The maximum absolute atomic E-state index is 13.9. The number of hydrogen-bond acceptors (Lipinski definition) is 6. The van der Waals surface area contributed by atoms with Crippen LogP contribution in [0.25, 0.3) is 6.08 Å². The van der Waals surface area contributed by atoms with E-state index in [0.717, 1.165) is 5.04 Å². The summed E-state index contributed by atoms with van der Waals surface area (Å²) < 4.78 is 25.4. The number of nitrogens with zero attached hydrogens (tertiary/aromatic N) is 3. The Bertz CT molecular complexity index is 1210. The highest BCUT2D eigenvalue weighted by Gasteiger charge is 2.36. The molecule has 2 aromatic rings. The van der Waals surface area contributed by atoms with Gasteiger partial charge in [0.1, 0.15) is 17.5 Å². The van der Waals surface area contributed by atoms with Gasteiger partial charge >= 0.3 is 0 Å². The second-order valence-electron chi connectivity index (χ2n) is 7.63. The average Bonchev–Trinajstić information content (AvgIpc) is 3.22. The van der Waals surface area contributed by atoms with Crippen LogP contribution in [0.1, 0.15) is 31.9 Å². The van der Waals surface area contributed by atoms with E-state index in [1.807, 2.05) is 20.8 Å². The fourth-order valence-electron chi connectivity index (χ4n) is 3.18. The van der Waals surface area contributed by atoms with Crippen molar-refractivity contribution in [3.05, 3.63) is 65.0 Å². The van der Waals surface area contributed by atoms with Crippen molar-refractivity contribution in [3.8, 4) is 11.5 Å². The number of aliphatic imine (C=N–C) groups is 1. The normalized spacial score (nSPS) is 16.8. The Morgan fingerprint density at radius 3 is 2.70 bits per heavy atom. The molecule has 0 radical (unpaired) electrons. The molecule has 0 atom stereocenters. The molecule has 1 amide bonds. The second-order valence-corrected chi connectivity index (χ2v) is 8.62. The zero-order valence-corrected chi connectivity index (χ0v) is 19.3. The van der Waals surface area contributed by atoms with Crippen molar-refractivity contribution in [2.45, 2.75) is 27.4 Å². The van der Waals surface area contributed by atoms with E-state index in [2.05, 4.69) is 10.1 Å². The molecule has 9 heteroatoms. The number of thioether (sulfide) groups is 1. The van der Waals surface area contributed by atoms with Crippen LogP contribution in [0, 0.1) is 17.1 Å². The van der Waals surface area contributed by atoms with E-state index in [0.29, 0.717) is 34.4 Å². The van der Waals surface area contributed by atoms with E-state index in [-0.39, 0.29) is 29.8 Å². The minimum atomic E-state index is -0.489. The third-order valence-corrected chi connectivity index (χ3v) is 6.09. The van der Waals surface area contributed by atoms with Crippen molar-refractivity contribution < 1.29 is 18.7 Å². The van der Waals surface area contributed by atoms with E-state index in [1.54, 1.807) is 42.5 Å². The van der Waals surface area contributed by atoms with Gasteiger partial charge in [-0.1, -0.05) is 38.1 Å². The maximum atomic E-state index is 13.9. The van der Waals surface area contributed by atoms with Crippen LogP contribution in [-0.2, 0) is 11.4 Å². The van der Waals surface area contributed by atoms with Gasteiger partial charge in [-0.15, -0.1) is 0 Å². The van der Waals surface area contributed by atoms with Gasteiger partial charge < -0.3 is 9.47 Å². The number of rotatable bonds is 7. The Labute approximate surface area is 195 Å². The number of nitrogens with one attached hydrogen (secondary N) is 1. The minimum absolute atomic E-state index is 0.0222. The van der Waals surface area contributed by atoms with Gasteiger partial charge in [0.05, 0.1) is 12.2 Å². The van der Waals surface area contributed by atoms with Crippen molar-refractivity contribution in [2.24, 2.45) is 16.0 Å². The minimum Gasteiger partial charge on any atom is -0.490 e. The van der Waals surface area contributed by atoms with Gasteiger partial charge in [0.15, 0.2) is 17.3 Å². The third kappa shape index (κ3) is 4.83. The van der Waals surface area contributed by atoms with Gasteiger partial charge in [-0.25, -0.2) is 4.39 Å². The monoisotopic (exact) mass is 466 g/mol. The van der Waals surface area contributed by atoms with Gasteiger partial charge in [0, 0.05) is 11.5 Å². The fourth-order valence-corrected chi connectivity index (χ4v) is 4.07. The number of hydrogen-bond donors (Lipinski definition) is 1. The predicted octanol–water partition coefficient (Wildman–Crippen LogP) is 5.08. The number of hydrazone groups is 1. The summed E-state index contributed by atoms with van der Waals surface area (Å²) in [5.41, 5.74) is 1.21. The van der Waals surface area contributed by atoms with Crippen LogP contribution in [0.3, 0.4) is 0 Å². The van der Waals surface area contributed by atoms with Crippen molar-refractivity contribution in [2.75, 3.05) is 6.61 Å². The highest BCUT2D eigenvalue weighted by Crippen LogP contribution is 2.33. The molecule has 0 aromatic heterocycles. The number of benzene rings is 2. The Hall–Kier alpha value is -3.46. The molecule has 0 bridgehead atoms. The molecule has 0 unspecified atom stereocenters. The number of amides is 1. The summed E-state index contributed by atoms with van der Waals surface area (Å²) in [6.07, 6.45) is 1.58. The molecule has 1 N–H and O–H groups in total. The smallest absolute Gasteiger partial charge is 0.283 e. The molecule has 7 nitrogen and oxygen atoms in total. The average molecular weight is 467 g/mol. The van der Waals surface area contributed by atoms with E-state index >= 15 is 0 Å². The summed E-state index contributed by atoms with van der Waals surface area (Å²) in [5, 5.41) is 15.5. The number of halogens is 1. The second kappa shape index (κ2) is 9.58. The number of amidine groups is 2. The third-order valence-electron chi connectivity index (χ3n) is 4.88. The summed E-state index contributed by atoms with van der Waals surface area (Å²) in [7, 11) is 0. The number of ether oxygens (including phenoxy) is 2. The van der Waals surface area contributed by atoms with E-state index in [4.69, 9.17) is 14.9 Å². The molecule has 33 heavy (non-hydrogen) atoms. The van der Waals surface area contributed by atoms with E-state index < -0.39 is 5.91 Å². The lowest BCUT2D eigenvalue weighted by Gasteiger charge is -2.20. The SMILES string of the molecule is CCOc1cc(/C=C2/C(=N)N3N=C(C(C)C)SC3=NC2=O)ccc1OCc1ccccc1F. The van der Waals surface area contributed by atoms with Crippen molar-refractivity contribution in [1.82, 2.24) is 5.01 Å². The van der Waals surface area contributed by atoms with Gasteiger partial charge in [-0.2, -0.15) is 15.1 Å². The molecule has 4 rings (SSSR count). The quantitative estimate of drug-likeness (QED) is 0.575. The number of fused-ring (bicyclic) bond motifs is 1. The van der Waals surface area contributed by atoms with Crippen LogP contribution < -0.4 is 9.47 Å². The van der Waals surface area contributed by atoms with Gasteiger partial charge in [-0.05, 0) is 48.5 Å². The summed E-state index contributed by atoms with van der Waals surface area (Å²) in [5.74, 6) is 0.232. The predicted molar refractivity (Wildman–Crippen MR) is 128 cm³/mol. The van der Waals surface area contributed by atoms with Gasteiger partial charge in [0.2, 0.25) is 5.17 Å². The van der Waals surface area contributed by atoms with Gasteiger partial charge in [-0.3, -0.25) is 10.2 Å². The number of carbonyl (C=O) groups excluding carboxylic acids is 1. The first kappa shape index (κ1) is 22.7. The van der Waals surface area contributed by atoms with E-state index in [1.165, 1.54) is 22.8 Å². The molecule has 2 aromatic carbocycles. The Balaban J connectivity index is 1.59. The van der Waals surface area contributed by atoms with Crippen molar-refractivity contribution in [1.29, 1.82) is 5.41 Å². The Morgan fingerprint density at radius 1 is 1.18 bits per heavy atom. The van der Waals surface area contributed by atoms with Crippen molar-refractivity contribution in [3.63, 3.8) is 0 Å². The topological polar surface area (TPSA) is 87.3 Å². The van der Waals surface area contributed by atoms with Crippen LogP contribution in [0.2, 0.25) is 0 Å². The maximum Gasteiger partial charge on any atom is 0.283 e. The highest BCUT2D eigenvalue weighted by molar-refractivity contribution is 8.27. The van der Waals surface area contributed by atoms with Crippen LogP contribution in [0.5, 0.6) is 11.5 Å². The summed E-state index contributed by atoms with van der Waals surface area (Å²) in [6.45, 7) is 6.29. The molecule has 0 fully saturated rings. The molecule has 0 saturated heterocycles. The zero-order chi connectivity index (χ0) is 23.5. The molecule has 0 spiro atoms. The lowest BCUT2D eigenvalue weighted by Crippen LogP contribution is -2.35. The largest absolute Gasteiger partial charge is 0.490 e. The fraction of sp³-hybridized carbons (Fsp3) is 0.250. The molecule has 170 valence electrons. The molecule has 2 aliphatic heterocycles. The van der Waals surface area contributed by atoms with Crippen LogP contribution >= 0.6 is 11.8 Å². The first-order valence-electron chi connectivity index (χ1n) is 10.5. The summed E-state index contributed by atoms with van der Waals surface area (Å²) in [6, 6.07) is 11.6. The molecular weight excluding hydrogens is 443 g/mol. The molecule has 0 aliphatic carbocycles. The Kier molecular flexibility index (Phi) is 6.60. The lowest BCUT2D eigenvalue weighted by atomic mass is 10.1. The molecule has 2 heterocycles. The highest BCUT2D eigenvalue weighted by atomic mass is 32.2. The van der Waals surface area contributed by atoms with Crippen LogP contribution in [0.4, 0.5) is 4.39 Å². The molecule has 2 aliphatic rings. The van der Waals surface area contributed by atoms with Crippen molar-refractivity contribution >= 4 is 39.8 Å².